The SMILES string of the molecule is [CH2]CCCCCCCC#CCCCCCCC[CH2]. The first-order valence-corrected chi connectivity index (χ1v) is 7.96. The second-order valence-electron chi connectivity index (χ2n) is 5.10. The number of rotatable bonds is 12. The van der Waals surface area contributed by atoms with Gasteiger partial charge in [-0.2, -0.15) is 0 Å². The molecular weight excluding hydrogens is 216 g/mol. The van der Waals surface area contributed by atoms with Crippen molar-refractivity contribution in [3.63, 3.8) is 0 Å². The molecule has 0 heterocycles. The van der Waals surface area contributed by atoms with E-state index in [1.165, 1.54) is 64.2 Å². The van der Waals surface area contributed by atoms with Crippen LogP contribution in [0.3, 0.4) is 0 Å². The third kappa shape index (κ3) is 15.6. The van der Waals surface area contributed by atoms with Crippen LogP contribution in [0.2, 0.25) is 0 Å². The minimum atomic E-state index is 1.09. The van der Waals surface area contributed by atoms with Crippen molar-refractivity contribution < 1.29 is 0 Å². The molecule has 0 aliphatic rings. The first-order chi connectivity index (χ1) is 8.91. The monoisotopic (exact) mass is 248 g/mol. The van der Waals surface area contributed by atoms with Gasteiger partial charge >= 0.3 is 0 Å². The minimum Gasteiger partial charge on any atom is -0.103 e. The molecule has 104 valence electrons. The molecule has 0 aromatic rings. The van der Waals surface area contributed by atoms with E-state index in [0.717, 1.165) is 25.7 Å². The Labute approximate surface area is 116 Å². The molecule has 0 aliphatic heterocycles. The summed E-state index contributed by atoms with van der Waals surface area (Å²) in [7, 11) is 0. The topological polar surface area (TPSA) is 0 Å². The molecule has 2 radical (unpaired) electrons. The molecule has 0 spiro atoms. The molecule has 18 heavy (non-hydrogen) atoms. The van der Waals surface area contributed by atoms with Gasteiger partial charge in [0.1, 0.15) is 0 Å². The van der Waals surface area contributed by atoms with Gasteiger partial charge in [0.2, 0.25) is 0 Å². The van der Waals surface area contributed by atoms with Crippen LogP contribution >= 0.6 is 0 Å². The number of unbranched alkanes of at least 4 members (excludes halogenated alkanes) is 12. The van der Waals surface area contributed by atoms with Crippen molar-refractivity contribution in [2.24, 2.45) is 0 Å². The highest BCUT2D eigenvalue weighted by Gasteiger charge is 1.89. The zero-order valence-corrected chi connectivity index (χ0v) is 12.3. The van der Waals surface area contributed by atoms with Crippen LogP contribution in [0.15, 0.2) is 0 Å². The summed E-state index contributed by atoms with van der Waals surface area (Å²) in [6, 6.07) is 0. The normalized spacial score (nSPS) is 10.1. The van der Waals surface area contributed by atoms with Crippen LogP contribution in [-0.2, 0) is 0 Å². The Morgan fingerprint density at radius 1 is 0.444 bits per heavy atom. The molecule has 0 unspecified atom stereocenters. The molecule has 0 amide bonds. The van der Waals surface area contributed by atoms with Crippen molar-refractivity contribution in [1.29, 1.82) is 0 Å². The minimum absolute atomic E-state index is 1.09. The highest BCUT2D eigenvalue weighted by atomic mass is 13.9. The molecule has 0 N–H and O–H groups in total. The largest absolute Gasteiger partial charge is 0.103 e. The quantitative estimate of drug-likeness (QED) is 0.288. The lowest BCUT2D eigenvalue weighted by atomic mass is 10.1. The Kier molecular flexibility index (Phi) is 16.2. The highest BCUT2D eigenvalue weighted by molar-refractivity contribution is 4.98. The second-order valence-corrected chi connectivity index (χ2v) is 5.10. The van der Waals surface area contributed by atoms with Crippen LogP contribution in [0.4, 0.5) is 0 Å². The molecule has 0 fully saturated rings. The van der Waals surface area contributed by atoms with E-state index in [-0.39, 0.29) is 0 Å². The average molecular weight is 248 g/mol. The third-order valence-electron chi connectivity index (χ3n) is 3.23. The van der Waals surface area contributed by atoms with Crippen molar-refractivity contribution in [1.82, 2.24) is 0 Å². The summed E-state index contributed by atoms with van der Waals surface area (Å²) in [4.78, 5) is 0. The molecule has 0 atom stereocenters. The first kappa shape index (κ1) is 17.6. The maximum Gasteiger partial charge on any atom is 0.00886 e. The van der Waals surface area contributed by atoms with E-state index < -0.39 is 0 Å². The predicted molar refractivity (Wildman–Crippen MR) is 83.1 cm³/mol. The van der Waals surface area contributed by atoms with Gasteiger partial charge in [-0.1, -0.05) is 78.1 Å². The molecule has 0 saturated carbocycles. The molecule has 0 aromatic carbocycles. The van der Waals surface area contributed by atoms with Crippen LogP contribution in [0.25, 0.3) is 0 Å². The van der Waals surface area contributed by atoms with E-state index in [1.54, 1.807) is 0 Å². The van der Waals surface area contributed by atoms with Gasteiger partial charge in [0.25, 0.3) is 0 Å². The van der Waals surface area contributed by atoms with Gasteiger partial charge in [0.05, 0.1) is 0 Å². The summed E-state index contributed by atoms with van der Waals surface area (Å²) >= 11 is 0. The summed E-state index contributed by atoms with van der Waals surface area (Å²) in [5, 5.41) is 0. The van der Waals surface area contributed by atoms with Crippen molar-refractivity contribution in [3.05, 3.63) is 13.8 Å². The second kappa shape index (κ2) is 16.6. The van der Waals surface area contributed by atoms with Crippen molar-refractivity contribution in [3.8, 4) is 11.8 Å². The van der Waals surface area contributed by atoms with Crippen LogP contribution < -0.4 is 0 Å². The van der Waals surface area contributed by atoms with E-state index in [2.05, 4.69) is 25.7 Å². The zero-order valence-electron chi connectivity index (χ0n) is 12.3. The van der Waals surface area contributed by atoms with Gasteiger partial charge in [-0.3, -0.25) is 0 Å². The van der Waals surface area contributed by atoms with E-state index in [4.69, 9.17) is 0 Å². The Morgan fingerprint density at radius 2 is 0.778 bits per heavy atom. The molecule has 0 aliphatic carbocycles. The molecule has 0 bridgehead atoms. The predicted octanol–water partition coefficient (Wildman–Crippen LogP) is 6.12. The van der Waals surface area contributed by atoms with E-state index in [1.807, 2.05) is 0 Å². The zero-order chi connectivity index (χ0) is 13.3. The number of hydrogen-bond acceptors (Lipinski definition) is 0. The van der Waals surface area contributed by atoms with E-state index in [9.17, 15) is 0 Å². The smallest absolute Gasteiger partial charge is 0.00886 e. The summed E-state index contributed by atoms with van der Waals surface area (Å²) in [5.41, 5.74) is 0. The lowest BCUT2D eigenvalue weighted by Gasteiger charge is -1.97. The first-order valence-electron chi connectivity index (χ1n) is 7.96. The average Bonchev–Trinajstić information content (AvgIpc) is 2.39. The fourth-order valence-electron chi connectivity index (χ4n) is 2.02. The van der Waals surface area contributed by atoms with Gasteiger partial charge in [0.15, 0.2) is 0 Å². The number of hydrogen-bond donors (Lipinski definition) is 0. The summed E-state index contributed by atoms with van der Waals surface area (Å²) < 4.78 is 0. The third-order valence-corrected chi connectivity index (χ3v) is 3.23. The van der Waals surface area contributed by atoms with Gasteiger partial charge in [-0.25, -0.2) is 0 Å². The van der Waals surface area contributed by atoms with E-state index in [0.29, 0.717) is 0 Å². The summed E-state index contributed by atoms with van der Waals surface area (Å²) in [6.45, 7) is 7.72. The van der Waals surface area contributed by atoms with Crippen molar-refractivity contribution in [2.75, 3.05) is 0 Å². The Hall–Kier alpha value is -0.440. The maximum absolute atomic E-state index is 3.86. The van der Waals surface area contributed by atoms with Gasteiger partial charge in [-0.15, -0.1) is 11.8 Å². The lowest BCUT2D eigenvalue weighted by molar-refractivity contribution is 0.621. The fraction of sp³-hybridized carbons (Fsp3) is 0.778. The van der Waals surface area contributed by atoms with Crippen molar-refractivity contribution >= 4 is 0 Å². The Morgan fingerprint density at radius 3 is 1.17 bits per heavy atom. The molecule has 0 aromatic heterocycles. The Balaban J connectivity index is 3.05. The Bertz CT molecular complexity index is 174. The van der Waals surface area contributed by atoms with Crippen molar-refractivity contribution in [2.45, 2.75) is 89.9 Å². The van der Waals surface area contributed by atoms with Crippen LogP contribution in [0, 0.1) is 25.7 Å². The summed E-state index contributed by atoms with van der Waals surface area (Å²) in [6.07, 6.45) is 17.7. The maximum atomic E-state index is 3.86. The highest BCUT2D eigenvalue weighted by Crippen LogP contribution is 2.07. The van der Waals surface area contributed by atoms with Crippen LogP contribution in [0.1, 0.15) is 89.9 Å². The van der Waals surface area contributed by atoms with Crippen LogP contribution in [0.5, 0.6) is 0 Å². The molecule has 0 rings (SSSR count). The lowest BCUT2D eigenvalue weighted by Crippen LogP contribution is -1.79. The van der Waals surface area contributed by atoms with E-state index >= 15 is 0 Å². The molecule has 0 nitrogen and oxygen atoms in total. The summed E-state index contributed by atoms with van der Waals surface area (Å²) in [5.74, 6) is 6.61. The van der Waals surface area contributed by atoms with Gasteiger partial charge in [-0.05, 0) is 12.8 Å². The molecule has 0 saturated heterocycles. The standard InChI is InChI=1S/C18H32/c1-3-5-7-9-11-13-15-17-18-16-14-12-10-8-6-4-2/h1-16H2. The molecular formula is C18H32. The van der Waals surface area contributed by atoms with Crippen LogP contribution in [-0.4, -0.2) is 0 Å². The molecule has 0 heteroatoms. The fourth-order valence-corrected chi connectivity index (χ4v) is 2.02. The van der Waals surface area contributed by atoms with Gasteiger partial charge in [0, 0.05) is 12.8 Å². The van der Waals surface area contributed by atoms with Gasteiger partial charge < -0.3 is 0 Å².